The Morgan fingerprint density at radius 2 is 2.08 bits per heavy atom. The Bertz CT molecular complexity index is 228. The number of nitrogens with zero attached hydrogens (tertiary/aromatic N) is 1. The van der Waals surface area contributed by atoms with Gasteiger partial charge in [-0.15, -0.1) is 0 Å². The monoisotopic (exact) mass is 184 g/mol. The summed E-state index contributed by atoms with van der Waals surface area (Å²) >= 11 is 0. The van der Waals surface area contributed by atoms with Crippen LogP contribution >= 0.6 is 0 Å². The molecular formula is C9H16N2O2. The molecule has 1 heterocycles. The minimum Gasteiger partial charge on any atom is -0.343 e. The fourth-order valence-electron chi connectivity index (χ4n) is 1.45. The van der Waals surface area contributed by atoms with Gasteiger partial charge in [0.15, 0.2) is 0 Å². The summed E-state index contributed by atoms with van der Waals surface area (Å²) in [5, 5.41) is 2.72. The second-order valence-corrected chi connectivity index (χ2v) is 3.47. The van der Waals surface area contributed by atoms with Gasteiger partial charge in [-0.2, -0.15) is 0 Å². The van der Waals surface area contributed by atoms with Gasteiger partial charge in [0, 0.05) is 7.05 Å². The maximum absolute atomic E-state index is 11.6. The number of hydrogen-bond acceptors (Lipinski definition) is 2. The van der Waals surface area contributed by atoms with E-state index in [9.17, 15) is 9.59 Å². The van der Waals surface area contributed by atoms with Crippen LogP contribution in [0.25, 0.3) is 0 Å². The Morgan fingerprint density at radius 3 is 2.62 bits per heavy atom. The average Bonchev–Trinajstić information content (AvgIpc) is 2.11. The lowest BCUT2D eigenvalue weighted by Gasteiger charge is -2.34. The third kappa shape index (κ3) is 1.82. The highest BCUT2D eigenvalue weighted by molar-refractivity contribution is 5.96. The van der Waals surface area contributed by atoms with E-state index in [0.717, 1.165) is 12.8 Å². The number of nitrogens with one attached hydrogen (secondary N) is 1. The van der Waals surface area contributed by atoms with Crippen molar-refractivity contribution in [3.63, 3.8) is 0 Å². The van der Waals surface area contributed by atoms with Gasteiger partial charge in [-0.25, -0.2) is 0 Å². The van der Waals surface area contributed by atoms with Crippen LogP contribution in [0.4, 0.5) is 0 Å². The molecule has 1 saturated heterocycles. The van der Waals surface area contributed by atoms with Gasteiger partial charge in [0.1, 0.15) is 12.1 Å². The molecule has 0 saturated carbocycles. The van der Waals surface area contributed by atoms with Gasteiger partial charge in [0.05, 0.1) is 0 Å². The van der Waals surface area contributed by atoms with Crippen LogP contribution in [0, 0.1) is 0 Å². The second-order valence-electron chi connectivity index (χ2n) is 3.47. The number of piperazine rings is 1. The summed E-state index contributed by atoms with van der Waals surface area (Å²) in [6, 6.07) is -0.640. The van der Waals surface area contributed by atoms with Crippen molar-refractivity contribution in [2.45, 2.75) is 38.8 Å². The van der Waals surface area contributed by atoms with E-state index >= 15 is 0 Å². The number of carbonyl (C=O) groups is 2. The highest BCUT2D eigenvalue weighted by Gasteiger charge is 2.34. The smallest absolute Gasteiger partial charge is 0.245 e. The van der Waals surface area contributed by atoms with Gasteiger partial charge in [-0.1, -0.05) is 13.3 Å². The zero-order valence-electron chi connectivity index (χ0n) is 8.33. The molecule has 1 fully saturated rings. The first-order chi connectivity index (χ1) is 6.07. The van der Waals surface area contributed by atoms with E-state index < -0.39 is 0 Å². The summed E-state index contributed by atoms with van der Waals surface area (Å²) in [5.74, 6) is -0.0329. The summed E-state index contributed by atoms with van der Waals surface area (Å²) in [5.41, 5.74) is 0. The van der Waals surface area contributed by atoms with Crippen LogP contribution in [0.15, 0.2) is 0 Å². The predicted octanol–water partition coefficient (Wildman–Crippen LogP) is 0.132. The molecular weight excluding hydrogens is 168 g/mol. The van der Waals surface area contributed by atoms with Crippen molar-refractivity contribution in [2.75, 3.05) is 7.05 Å². The van der Waals surface area contributed by atoms with Crippen LogP contribution in [-0.4, -0.2) is 35.8 Å². The number of likely N-dealkylation sites (N-methyl/N-ethyl adjacent to an activating group) is 1. The molecule has 0 bridgehead atoms. The Hall–Kier alpha value is -1.06. The summed E-state index contributed by atoms with van der Waals surface area (Å²) in [6.45, 7) is 3.73. The number of hydrogen-bond donors (Lipinski definition) is 1. The normalized spacial score (nSPS) is 29.0. The third-order valence-corrected chi connectivity index (χ3v) is 2.50. The summed E-state index contributed by atoms with van der Waals surface area (Å²) < 4.78 is 0. The molecule has 0 radical (unpaired) electrons. The van der Waals surface area contributed by atoms with E-state index in [-0.39, 0.29) is 23.9 Å². The highest BCUT2D eigenvalue weighted by Crippen LogP contribution is 2.10. The van der Waals surface area contributed by atoms with Gasteiger partial charge in [0.2, 0.25) is 11.8 Å². The van der Waals surface area contributed by atoms with Crippen molar-refractivity contribution < 1.29 is 9.59 Å². The first-order valence-electron chi connectivity index (χ1n) is 4.65. The molecule has 1 aliphatic heterocycles. The van der Waals surface area contributed by atoms with Crippen molar-refractivity contribution in [3.8, 4) is 0 Å². The fourth-order valence-corrected chi connectivity index (χ4v) is 1.45. The average molecular weight is 184 g/mol. The minimum absolute atomic E-state index is 0.0222. The maximum Gasteiger partial charge on any atom is 0.245 e. The number of rotatable bonds is 2. The molecule has 1 rings (SSSR count). The van der Waals surface area contributed by atoms with Crippen LogP contribution < -0.4 is 5.32 Å². The molecule has 0 aromatic heterocycles. The van der Waals surface area contributed by atoms with E-state index in [1.807, 2.05) is 6.92 Å². The molecule has 0 spiro atoms. The van der Waals surface area contributed by atoms with E-state index in [1.165, 1.54) is 4.90 Å². The van der Waals surface area contributed by atoms with E-state index in [0.29, 0.717) is 0 Å². The first-order valence-corrected chi connectivity index (χ1v) is 4.65. The Kier molecular flexibility index (Phi) is 2.90. The van der Waals surface area contributed by atoms with Crippen LogP contribution in [0.2, 0.25) is 0 Å². The number of carbonyl (C=O) groups excluding carboxylic acids is 2. The molecule has 4 heteroatoms. The molecule has 4 nitrogen and oxygen atoms in total. The summed E-state index contributed by atoms with van der Waals surface area (Å²) in [4.78, 5) is 24.4. The lowest BCUT2D eigenvalue weighted by molar-refractivity contribution is -0.147. The largest absolute Gasteiger partial charge is 0.343 e. The molecule has 74 valence electrons. The lowest BCUT2D eigenvalue weighted by atomic mass is 10.1. The van der Waals surface area contributed by atoms with E-state index in [1.54, 1.807) is 14.0 Å². The van der Waals surface area contributed by atoms with Crippen LogP contribution in [0.1, 0.15) is 26.7 Å². The fraction of sp³-hybridized carbons (Fsp3) is 0.778. The maximum atomic E-state index is 11.6. The van der Waals surface area contributed by atoms with Crippen LogP contribution in [0.3, 0.4) is 0 Å². The molecule has 1 aliphatic rings. The number of amides is 2. The lowest BCUT2D eigenvalue weighted by Crippen LogP contribution is -2.60. The molecule has 2 unspecified atom stereocenters. The van der Waals surface area contributed by atoms with Crippen LogP contribution in [0.5, 0.6) is 0 Å². The molecule has 0 aliphatic carbocycles. The highest BCUT2D eigenvalue weighted by atomic mass is 16.2. The standard InChI is InChI=1S/C9H16N2O2/c1-4-5-7-9(13)11(3)6(2)8(12)10-7/h6-7H,4-5H2,1-3H3,(H,10,12). The van der Waals surface area contributed by atoms with Crippen molar-refractivity contribution in [2.24, 2.45) is 0 Å². The Morgan fingerprint density at radius 1 is 1.46 bits per heavy atom. The topological polar surface area (TPSA) is 49.4 Å². The summed E-state index contributed by atoms with van der Waals surface area (Å²) in [7, 11) is 1.68. The molecule has 0 aromatic carbocycles. The zero-order chi connectivity index (χ0) is 10.0. The van der Waals surface area contributed by atoms with E-state index in [4.69, 9.17) is 0 Å². The molecule has 2 amide bonds. The first kappa shape index (κ1) is 10.0. The van der Waals surface area contributed by atoms with Gasteiger partial charge < -0.3 is 10.2 Å². The predicted molar refractivity (Wildman–Crippen MR) is 49.1 cm³/mol. The molecule has 2 atom stereocenters. The van der Waals surface area contributed by atoms with Crippen molar-refractivity contribution in [1.29, 1.82) is 0 Å². The molecule has 13 heavy (non-hydrogen) atoms. The van der Waals surface area contributed by atoms with E-state index in [2.05, 4.69) is 5.32 Å². The van der Waals surface area contributed by atoms with Crippen molar-refractivity contribution >= 4 is 11.8 Å². The quantitative estimate of drug-likeness (QED) is 0.663. The zero-order valence-corrected chi connectivity index (χ0v) is 8.33. The van der Waals surface area contributed by atoms with Gasteiger partial charge in [-0.05, 0) is 13.3 Å². The van der Waals surface area contributed by atoms with Crippen molar-refractivity contribution in [1.82, 2.24) is 10.2 Å². The minimum atomic E-state index is -0.333. The molecule has 0 aromatic rings. The second kappa shape index (κ2) is 3.77. The van der Waals surface area contributed by atoms with Gasteiger partial charge in [0.25, 0.3) is 0 Å². The Labute approximate surface area is 78.3 Å². The summed E-state index contributed by atoms with van der Waals surface area (Å²) in [6.07, 6.45) is 1.63. The Balaban J connectivity index is 2.70. The third-order valence-electron chi connectivity index (χ3n) is 2.50. The van der Waals surface area contributed by atoms with Gasteiger partial charge >= 0.3 is 0 Å². The van der Waals surface area contributed by atoms with Crippen molar-refractivity contribution in [3.05, 3.63) is 0 Å². The van der Waals surface area contributed by atoms with Crippen LogP contribution in [-0.2, 0) is 9.59 Å². The van der Waals surface area contributed by atoms with Gasteiger partial charge in [-0.3, -0.25) is 9.59 Å². The molecule has 1 N–H and O–H groups in total. The SMILES string of the molecule is CCCC1NC(=O)C(C)N(C)C1=O.